The molecule has 0 aliphatic carbocycles. The Morgan fingerprint density at radius 2 is 2.33 bits per heavy atom. The molecule has 0 aliphatic heterocycles. The summed E-state index contributed by atoms with van der Waals surface area (Å²) in [4.78, 5) is 28.2. The minimum atomic E-state index is -0.708. The highest BCUT2D eigenvalue weighted by Crippen LogP contribution is 2.09. The van der Waals surface area contributed by atoms with E-state index in [1.54, 1.807) is 31.4 Å². The zero-order valence-electron chi connectivity index (χ0n) is 11.5. The number of thiophene rings is 1. The van der Waals surface area contributed by atoms with Crippen LogP contribution in [0.25, 0.3) is 0 Å². The Morgan fingerprint density at radius 1 is 1.52 bits per heavy atom. The number of H-pyrrole nitrogens is 1. The number of hydrogen-bond donors (Lipinski definition) is 3. The third-order valence-corrected chi connectivity index (χ3v) is 3.33. The zero-order valence-corrected chi connectivity index (χ0v) is 12.4. The van der Waals surface area contributed by atoms with Crippen LogP contribution in [0.1, 0.15) is 23.5 Å². The zero-order chi connectivity index (χ0) is 15.2. The Hall–Kier alpha value is -2.42. The van der Waals surface area contributed by atoms with E-state index in [2.05, 4.69) is 25.8 Å². The number of amides is 2. The number of carbonyl (C=O) groups excluding carboxylic acids is 2. The molecule has 9 heteroatoms. The van der Waals surface area contributed by atoms with Crippen molar-refractivity contribution in [3.8, 4) is 6.01 Å². The molecule has 0 saturated heterocycles. The monoisotopic (exact) mass is 309 g/mol. The largest absolute Gasteiger partial charge is 0.463 e. The summed E-state index contributed by atoms with van der Waals surface area (Å²) in [7, 11) is 0. The lowest BCUT2D eigenvalue weighted by Gasteiger charge is -2.11. The first-order valence-corrected chi connectivity index (χ1v) is 7.18. The molecule has 0 saturated carbocycles. The van der Waals surface area contributed by atoms with E-state index in [1.165, 1.54) is 11.3 Å². The molecule has 2 heterocycles. The second-order valence-corrected chi connectivity index (χ2v) is 5.01. The van der Waals surface area contributed by atoms with E-state index >= 15 is 0 Å². The first-order valence-electron chi connectivity index (χ1n) is 6.30. The molecule has 0 bridgehead atoms. The van der Waals surface area contributed by atoms with Gasteiger partial charge in [0, 0.05) is 0 Å². The van der Waals surface area contributed by atoms with Crippen LogP contribution < -0.4 is 15.4 Å². The number of ether oxygens (including phenoxy) is 1. The molecule has 3 N–H and O–H groups in total. The first-order chi connectivity index (χ1) is 10.1. The van der Waals surface area contributed by atoms with Gasteiger partial charge in [-0.05, 0) is 25.3 Å². The smallest absolute Gasteiger partial charge is 0.337 e. The fourth-order valence-electron chi connectivity index (χ4n) is 1.46. The van der Waals surface area contributed by atoms with Crippen molar-refractivity contribution in [2.75, 3.05) is 11.9 Å². The molecule has 0 aromatic carbocycles. The second-order valence-electron chi connectivity index (χ2n) is 4.06. The molecule has 0 radical (unpaired) electrons. The standard InChI is InChI=1S/C12H15N5O3S/c1-3-20-12-15-11(16-17-12)14-9(18)7(2)13-10(19)8-5-4-6-21-8/h4-7H,3H2,1-2H3,(H,13,19)(H2,14,15,16,17,18). The van der Waals surface area contributed by atoms with E-state index < -0.39 is 11.9 Å². The maximum absolute atomic E-state index is 11.9. The van der Waals surface area contributed by atoms with Crippen molar-refractivity contribution in [2.45, 2.75) is 19.9 Å². The molecular weight excluding hydrogens is 294 g/mol. The third kappa shape index (κ3) is 4.02. The molecular formula is C12H15N5O3S. The van der Waals surface area contributed by atoms with Gasteiger partial charge in [0.15, 0.2) is 0 Å². The Morgan fingerprint density at radius 3 is 3.00 bits per heavy atom. The van der Waals surface area contributed by atoms with Crippen LogP contribution in [0.2, 0.25) is 0 Å². The van der Waals surface area contributed by atoms with Gasteiger partial charge in [0.1, 0.15) is 6.04 Å². The van der Waals surface area contributed by atoms with Gasteiger partial charge in [-0.15, -0.1) is 16.4 Å². The molecule has 8 nitrogen and oxygen atoms in total. The second kappa shape index (κ2) is 6.84. The van der Waals surface area contributed by atoms with Gasteiger partial charge in [0.05, 0.1) is 11.5 Å². The minimum absolute atomic E-state index is 0.156. The van der Waals surface area contributed by atoms with E-state index in [1.807, 2.05) is 0 Å². The van der Waals surface area contributed by atoms with Gasteiger partial charge in [-0.3, -0.25) is 14.9 Å². The first kappa shape index (κ1) is 15.0. The van der Waals surface area contributed by atoms with Gasteiger partial charge in [0.2, 0.25) is 11.9 Å². The number of anilines is 1. The van der Waals surface area contributed by atoms with Gasteiger partial charge in [-0.2, -0.15) is 4.98 Å². The summed E-state index contributed by atoms with van der Waals surface area (Å²) in [5.41, 5.74) is 0. The Labute approximate surface area is 124 Å². The Balaban J connectivity index is 1.88. The number of carbonyl (C=O) groups is 2. The lowest BCUT2D eigenvalue weighted by molar-refractivity contribution is -0.117. The summed E-state index contributed by atoms with van der Waals surface area (Å²) in [5.74, 6) is -0.528. The van der Waals surface area contributed by atoms with Crippen LogP contribution in [0.5, 0.6) is 6.01 Å². The molecule has 1 atom stereocenters. The predicted octanol–water partition coefficient (Wildman–Crippen LogP) is 1.02. The van der Waals surface area contributed by atoms with E-state index in [9.17, 15) is 9.59 Å². The summed E-state index contributed by atoms with van der Waals surface area (Å²) in [6.45, 7) is 3.82. The average Bonchev–Trinajstić information content (AvgIpc) is 3.10. The van der Waals surface area contributed by atoms with Crippen molar-refractivity contribution < 1.29 is 14.3 Å². The number of aromatic nitrogens is 3. The van der Waals surface area contributed by atoms with Gasteiger partial charge in [0.25, 0.3) is 5.91 Å². The Bertz CT molecular complexity index is 610. The third-order valence-electron chi connectivity index (χ3n) is 2.47. The van der Waals surface area contributed by atoms with Gasteiger partial charge in [-0.1, -0.05) is 6.07 Å². The fraction of sp³-hybridized carbons (Fsp3) is 0.333. The van der Waals surface area contributed by atoms with Gasteiger partial charge in [-0.25, -0.2) is 5.10 Å². The molecule has 2 amide bonds. The van der Waals surface area contributed by atoms with Crippen molar-refractivity contribution in [3.05, 3.63) is 22.4 Å². The van der Waals surface area contributed by atoms with Crippen molar-refractivity contribution in [1.82, 2.24) is 20.5 Å². The van der Waals surface area contributed by atoms with Crippen LogP contribution in [-0.4, -0.2) is 39.6 Å². The average molecular weight is 309 g/mol. The molecule has 0 aliphatic rings. The van der Waals surface area contributed by atoms with E-state index in [0.29, 0.717) is 11.5 Å². The molecule has 112 valence electrons. The number of nitrogens with one attached hydrogen (secondary N) is 3. The lowest BCUT2D eigenvalue weighted by atomic mass is 10.3. The normalized spacial score (nSPS) is 11.7. The summed E-state index contributed by atoms with van der Waals surface area (Å²) >= 11 is 1.31. The molecule has 2 aromatic heterocycles. The van der Waals surface area contributed by atoms with Crippen molar-refractivity contribution in [1.29, 1.82) is 0 Å². The highest BCUT2D eigenvalue weighted by atomic mass is 32.1. The van der Waals surface area contributed by atoms with Crippen molar-refractivity contribution in [3.63, 3.8) is 0 Å². The molecule has 2 aromatic rings. The van der Waals surface area contributed by atoms with Gasteiger partial charge >= 0.3 is 6.01 Å². The summed E-state index contributed by atoms with van der Waals surface area (Å²) in [5, 5.41) is 13.2. The van der Waals surface area contributed by atoms with Crippen LogP contribution in [0.15, 0.2) is 17.5 Å². The number of nitrogens with zero attached hydrogens (tertiary/aromatic N) is 2. The SMILES string of the molecule is CCOc1n[nH]c(NC(=O)C(C)NC(=O)c2cccs2)n1. The van der Waals surface area contributed by atoms with E-state index in [0.717, 1.165) is 0 Å². The lowest BCUT2D eigenvalue weighted by Crippen LogP contribution is -2.41. The maximum Gasteiger partial charge on any atom is 0.337 e. The van der Waals surface area contributed by atoms with Crippen molar-refractivity contribution in [2.24, 2.45) is 0 Å². The van der Waals surface area contributed by atoms with E-state index in [-0.39, 0.29) is 17.9 Å². The summed E-state index contributed by atoms with van der Waals surface area (Å²) < 4.78 is 5.07. The topological polar surface area (TPSA) is 109 Å². The van der Waals surface area contributed by atoms with Gasteiger partial charge < -0.3 is 10.1 Å². The quantitative estimate of drug-likeness (QED) is 0.738. The molecule has 21 heavy (non-hydrogen) atoms. The maximum atomic E-state index is 11.9. The van der Waals surface area contributed by atoms with E-state index in [4.69, 9.17) is 4.74 Å². The van der Waals surface area contributed by atoms with Crippen LogP contribution in [0, 0.1) is 0 Å². The number of hydrogen-bond acceptors (Lipinski definition) is 6. The molecule has 2 rings (SSSR count). The van der Waals surface area contributed by atoms with Crippen LogP contribution in [0.3, 0.4) is 0 Å². The molecule has 1 unspecified atom stereocenters. The summed E-state index contributed by atoms with van der Waals surface area (Å²) in [6, 6.07) is 2.91. The molecule has 0 fully saturated rings. The minimum Gasteiger partial charge on any atom is -0.463 e. The highest BCUT2D eigenvalue weighted by Gasteiger charge is 2.18. The highest BCUT2D eigenvalue weighted by molar-refractivity contribution is 7.12. The van der Waals surface area contributed by atoms with Crippen molar-refractivity contribution >= 4 is 29.1 Å². The number of rotatable bonds is 6. The Kier molecular flexibility index (Phi) is 4.88. The van der Waals surface area contributed by atoms with Crippen LogP contribution in [-0.2, 0) is 4.79 Å². The predicted molar refractivity (Wildman–Crippen MR) is 77.4 cm³/mol. The fourth-order valence-corrected chi connectivity index (χ4v) is 2.09. The van der Waals surface area contributed by atoms with Crippen LogP contribution in [0.4, 0.5) is 5.95 Å². The summed E-state index contributed by atoms with van der Waals surface area (Å²) in [6.07, 6.45) is 0. The van der Waals surface area contributed by atoms with Crippen LogP contribution >= 0.6 is 11.3 Å². The molecule has 0 spiro atoms. The number of aromatic amines is 1.